The van der Waals surface area contributed by atoms with Crippen molar-refractivity contribution in [3.05, 3.63) is 59.9 Å². The largest absolute Gasteiger partial charge is 0.382 e. The number of aryl methyl sites for hydroxylation is 2. The van der Waals surface area contributed by atoms with E-state index >= 15 is 0 Å². The van der Waals surface area contributed by atoms with Crippen LogP contribution in [-0.2, 0) is 43.3 Å². The van der Waals surface area contributed by atoms with Crippen molar-refractivity contribution in [3.63, 3.8) is 0 Å². The Morgan fingerprint density at radius 3 is 2.57 bits per heavy atom. The maximum Gasteiger partial charge on any atom is 0.222 e. The molecule has 0 saturated carbocycles. The van der Waals surface area contributed by atoms with Crippen LogP contribution in [0.15, 0.2) is 53.5 Å². The maximum absolute atomic E-state index is 12.3. The van der Waals surface area contributed by atoms with E-state index in [0.29, 0.717) is 70.9 Å². The van der Waals surface area contributed by atoms with Crippen molar-refractivity contribution in [3.8, 4) is 0 Å². The van der Waals surface area contributed by atoms with Gasteiger partial charge >= 0.3 is 0 Å². The minimum Gasteiger partial charge on any atom is -0.382 e. The Morgan fingerprint density at radius 2 is 1.75 bits per heavy atom. The minimum absolute atomic E-state index is 0.0750. The molecule has 13 heteroatoms. The highest BCUT2D eigenvalue weighted by Crippen LogP contribution is 2.29. The fourth-order valence-electron chi connectivity index (χ4n) is 5.54. The lowest BCUT2D eigenvalue weighted by molar-refractivity contribution is -0.122. The average Bonchev–Trinajstić information content (AvgIpc) is 3.50. The minimum atomic E-state index is -0.0750. The van der Waals surface area contributed by atoms with Crippen molar-refractivity contribution in [2.45, 2.75) is 71.9 Å². The number of nitrogens with two attached hydrogens (primary N) is 1. The van der Waals surface area contributed by atoms with Gasteiger partial charge in [-0.05, 0) is 49.9 Å². The molecule has 0 unspecified atom stereocenters. The number of carbonyl (C=O) groups excluding carboxylic acids is 2. The topological polar surface area (TPSA) is 167 Å². The average molecular weight is 703 g/mol. The predicted octanol–water partition coefficient (Wildman–Crippen LogP) is 5.01. The highest BCUT2D eigenvalue weighted by Gasteiger charge is 2.17. The quantitative estimate of drug-likeness (QED) is 0.0469. The second kappa shape index (κ2) is 21.6. The first kappa shape index (κ1) is 39.2. The molecule has 51 heavy (non-hydrogen) atoms. The number of para-hydroxylation sites is 1. The molecule has 0 aliphatic rings. The molecule has 0 saturated heterocycles. The lowest BCUT2D eigenvalue weighted by atomic mass is 10.2. The number of methoxy groups -OCH3 is 1. The Kier molecular flexibility index (Phi) is 16.6. The number of ketones is 1. The zero-order chi connectivity index (χ0) is 36.3. The van der Waals surface area contributed by atoms with Crippen molar-refractivity contribution in [1.29, 1.82) is 0 Å². The molecule has 0 atom stereocenters. The Hall–Kier alpha value is -4.59. The second-order valence-corrected chi connectivity index (χ2v) is 12.4. The van der Waals surface area contributed by atoms with Gasteiger partial charge in [-0.25, -0.2) is 9.97 Å². The maximum atomic E-state index is 12.3. The third-order valence-electron chi connectivity index (χ3n) is 8.23. The van der Waals surface area contributed by atoms with Crippen LogP contribution in [0.4, 0.5) is 11.5 Å². The first-order chi connectivity index (χ1) is 24.9. The van der Waals surface area contributed by atoms with Crippen LogP contribution in [-0.4, -0.2) is 85.4 Å². The molecule has 4 aromatic rings. The number of benzene rings is 2. The van der Waals surface area contributed by atoms with E-state index in [2.05, 4.69) is 38.5 Å². The molecule has 0 aliphatic heterocycles. The molecule has 0 spiro atoms. The van der Waals surface area contributed by atoms with Gasteiger partial charge in [0.05, 0.1) is 44.1 Å². The van der Waals surface area contributed by atoms with Gasteiger partial charge in [0.15, 0.2) is 11.8 Å². The van der Waals surface area contributed by atoms with Crippen LogP contribution < -0.4 is 21.7 Å². The molecule has 4 rings (SSSR count). The molecule has 276 valence electrons. The molecule has 2 heterocycles. The summed E-state index contributed by atoms with van der Waals surface area (Å²) in [7, 11) is 1.61. The number of nitrogens with zero attached hydrogens (tertiary/aromatic N) is 4. The Labute approximate surface area is 300 Å². The van der Waals surface area contributed by atoms with Crippen LogP contribution >= 0.6 is 0 Å². The van der Waals surface area contributed by atoms with Crippen LogP contribution in [0.5, 0.6) is 0 Å². The van der Waals surface area contributed by atoms with E-state index in [-0.39, 0.29) is 18.1 Å². The third-order valence-corrected chi connectivity index (χ3v) is 8.23. The van der Waals surface area contributed by atoms with Crippen LogP contribution in [0.3, 0.4) is 0 Å². The summed E-state index contributed by atoms with van der Waals surface area (Å²) in [4.78, 5) is 38.0. The molecule has 2 aromatic heterocycles. The number of hydrogen-bond donors (Lipinski definition) is 4. The van der Waals surface area contributed by atoms with Gasteiger partial charge in [-0.15, -0.1) is 0 Å². The summed E-state index contributed by atoms with van der Waals surface area (Å²) in [5, 5.41) is 10.8. The van der Waals surface area contributed by atoms with Crippen molar-refractivity contribution < 1.29 is 23.8 Å². The molecular weight excluding hydrogens is 648 g/mol. The SMILES string of the molecule is CCCCc1nc2c(N)nc3ccccc3c2n1CCCCN=C(NCCOCCC(C)=O)Nc1cccc(CNC(=O)CCOCCOC)c1. The summed E-state index contributed by atoms with van der Waals surface area (Å²) >= 11 is 0. The molecule has 13 nitrogen and oxygen atoms in total. The predicted molar refractivity (Wildman–Crippen MR) is 203 cm³/mol. The number of amides is 1. The molecular formula is C38H54N8O5. The van der Waals surface area contributed by atoms with Crippen LogP contribution in [0.25, 0.3) is 21.9 Å². The number of pyridine rings is 1. The zero-order valence-electron chi connectivity index (χ0n) is 30.3. The lowest BCUT2D eigenvalue weighted by Crippen LogP contribution is -2.34. The summed E-state index contributed by atoms with van der Waals surface area (Å²) in [6.45, 7) is 8.22. The van der Waals surface area contributed by atoms with Gasteiger partial charge in [0, 0.05) is 63.6 Å². The number of rotatable bonds is 23. The number of anilines is 2. The Bertz CT molecular complexity index is 1720. The number of imidazole rings is 1. The Balaban J connectivity index is 1.38. The number of fused-ring (bicyclic) bond motifs is 3. The van der Waals surface area contributed by atoms with E-state index in [1.165, 1.54) is 0 Å². The zero-order valence-corrected chi connectivity index (χ0v) is 30.3. The fourth-order valence-corrected chi connectivity index (χ4v) is 5.54. The highest BCUT2D eigenvalue weighted by atomic mass is 16.5. The highest BCUT2D eigenvalue weighted by molar-refractivity contribution is 6.06. The molecule has 0 fully saturated rings. The summed E-state index contributed by atoms with van der Waals surface area (Å²) in [5.41, 5.74) is 10.9. The molecule has 0 radical (unpaired) electrons. The first-order valence-corrected chi connectivity index (χ1v) is 18.0. The van der Waals surface area contributed by atoms with Crippen molar-refractivity contribution in [1.82, 2.24) is 25.2 Å². The summed E-state index contributed by atoms with van der Waals surface area (Å²) in [5.74, 6) is 2.16. The molecule has 0 bridgehead atoms. The number of hydrogen-bond acceptors (Lipinski definition) is 9. The molecule has 5 N–H and O–H groups in total. The summed E-state index contributed by atoms with van der Waals surface area (Å²) in [6, 6.07) is 16.0. The number of unbranched alkanes of at least 4 members (excludes halogenated alkanes) is 2. The number of Topliss-reactive ketones (excluding diaryl/α,β-unsaturated/α-hetero) is 1. The number of aromatic nitrogens is 3. The first-order valence-electron chi connectivity index (χ1n) is 18.0. The van der Waals surface area contributed by atoms with Crippen molar-refractivity contribution in [2.75, 3.05) is 64.3 Å². The van der Waals surface area contributed by atoms with Crippen molar-refractivity contribution >= 4 is 51.1 Å². The van der Waals surface area contributed by atoms with E-state index in [4.69, 9.17) is 29.9 Å². The van der Waals surface area contributed by atoms with Gasteiger partial charge in [-0.3, -0.25) is 14.6 Å². The van der Waals surface area contributed by atoms with Crippen molar-refractivity contribution in [2.24, 2.45) is 4.99 Å². The molecule has 1 amide bonds. The Morgan fingerprint density at radius 1 is 0.922 bits per heavy atom. The van der Waals surface area contributed by atoms with Gasteiger partial charge in [0.1, 0.15) is 17.1 Å². The number of nitrogens with one attached hydrogen (secondary N) is 3. The van der Waals surface area contributed by atoms with Gasteiger partial charge in [0.25, 0.3) is 0 Å². The second-order valence-electron chi connectivity index (χ2n) is 12.4. The number of carbonyl (C=O) groups is 2. The van der Waals surface area contributed by atoms with Crippen LogP contribution in [0, 0.1) is 0 Å². The van der Waals surface area contributed by atoms with E-state index < -0.39 is 0 Å². The van der Waals surface area contributed by atoms with Gasteiger partial charge in [0.2, 0.25) is 5.91 Å². The molecule has 0 aliphatic carbocycles. The standard InChI is InChI=1S/C38H54N8O5/c1-4-5-15-33-45-35-36(31-13-6-7-14-32(31)44-37(35)39)46(33)20-9-8-18-40-38(41-19-23-50-21-16-28(2)47)43-30-12-10-11-29(26-30)27-42-34(48)17-22-51-25-24-49-3/h6-7,10-14,26H,4-5,8-9,15-25,27H2,1-3H3,(H2,39,44)(H,42,48)(H2,40,41,43). The number of ether oxygens (including phenoxy) is 3. The van der Waals surface area contributed by atoms with Crippen LogP contribution in [0.2, 0.25) is 0 Å². The van der Waals surface area contributed by atoms with E-state index in [9.17, 15) is 9.59 Å². The van der Waals surface area contributed by atoms with Crippen LogP contribution in [0.1, 0.15) is 63.8 Å². The monoisotopic (exact) mass is 702 g/mol. The lowest BCUT2D eigenvalue weighted by Gasteiger charge is -2.14. The number of aliphatic imine (C=N–C) groups is 1. The van der Waals surface area contributed by atoms with Gasteiger partial charge in [-0.2, -0.15) is 0 Å². The summed E-state index contributed by atoms with van der Waals surface area (Å²) < 4.78 is 18.3. The molecule has 2 aromatic carbocycles. The van der Waals surface area contributed by atoms with Gasteiger partial charge < -0.3 is 40.5 Å². The normalized spacial score (nSPS) is 11.7. The van der Waals surface area contributed by atoms with E-state index in [0.717, 1.165) is 77.7 Å². The number of guanidine groups is 1. The van der Waals surface area contributed by atoms with E-state index in [1.54, 1.807) is 14.0 Å². The van der Waals surface area contributed by atoms with E-state index in [1.807, 2.05) is 42.5 Å². The third kappa shape index (κ3) is 12.9. The summed E-state index contributed by atoms with van der Waals surface area (Å²) in [6.07, 6.45) is 5.46. The smallest absolute Gasteiger partial charge is 0.222 e. The fraction of sp³-hybridized carbons (Fsp3) is 0.500. The number of nitrogen functional groups attached to an aromatic ring is 1. The van der Waals surface area contributed by atoms with Gasteiger partial charge in [-0.1, -0.05) is 43.7 Å².